The zero-order chi connectivity index (χ0) is 13.1. The van der Waals surface area contributed by atoms with Crippen LogP contribution in [0, 0.1) is 5.92 Å². The van der Waals surface area contributed by atoms with E-state index in [0.717, 1.165) is 0 Å². The summed E-state index contributed by atoms with van der Waals surface area (Å²) in [6.07, 6.45) is 3.24. The molecule has 0 aliphatic heterocycles. The zero-order valence-corrected chi connectivity index (χ0v) is 10.6. The van der Waals surface area contributed by atoms with Gasteiger partial charge in [0.25, 0.3) is 5.89 Å². The summed E-state index contributed by atoms with van der Waals surface area (Å²) in [5.41, 5.74) is 6.68. The normalized spacial score (nSPS) is 12.7. The molecule has 0 aliphatic carbocycles. The van der Waals surface area contributed by atoms with Crippen LogP contribution in [0.2, 0.25) is 0 Å². The van der Waals surface area contributed by atoms with Crippen molar-refractivity contribution < 1.29 is 9.26 Å². The van der Waals surface area contributed by atoms with E-state index < -0.39 is 0 Å². The largest absolute Gasteiger partial charge is 0.494 e. The smallest absolute Gasteiger partial charge is 0.261 e. The third-order valence-electron chi connectivity index (χ3n) is 2.69. The molecule has 0 fully saturated rings. The van der Waals surface area contributed by atoms with E-state index >= 15 is 0 Å². The Morgan fingerprint density at radius 1 is 1.39 bits per heavy atom. The molecule has 2 heterocycles. The van der Waals surface area contributed by atoms with Crippen molar-refractivity contribution in [3.05, 3.63) is 24.3 Å². The number of hydrogen-bond donors (Lipinski definition) is 1. The van der Waals surface area contributed by atoms with Crippen molar-refractivity contribution in [1.82, 2.24) is 15.1 Å². The fourth-order valence-electron chi connectivity index (χ4n) is 1.50. The van der Waals surface area contributed by atoms with Gasteiger partial charge in [-0.1, -0.05) is 19.0 Å². The van der Waals surface area contributed by atoms with E-state index in [0.29, 0.717) is 23.0 Å². The van der Waals surface area contributed by atoms with E-state index in [2.05, 4.69) is 15.1 Å². The fraction of sp³-hybridized carbons (Fsp3) is 0.417. The Morgan fingerprint density at radius 3 is 2.83 bits per heavy atom. The van der Waals surface area contributed by atoms with Crippen LogP contribution in [0.3, 0.4) is 0 Å². The number of hydrogen-bond acceptors (Lipinski definition) is 6. The number of rotatable bonds is 4. The average molecular weight is 248 g/mol. The molecule has 2 N–H and O–H groups in total. The SMILES string of the molecule is COc1cnccc1-c1nc(C(N)C(C)C)no1. The van der Waals surface area contributed by atoms with E-state index in [1.54, 1.807) is 25.6 Å². The molecule has 6 nitrogen and oxygen atoms in total. The highest BCUT2D eigenvalue weighted by Crippen LogP contribution is 2.28. The minimum absolute atomic E-state index is 0.240. The van der Waals surface area contributed by atoms with Crippen molar-refractivity contribution >= 4 is 0 Å². The van der Waals surface area contributed by atoms with E-state index in [1.807, 2.05) is 13.8 Å². The molecule has 6 heteroatoms. The van der Waals surface area contributed by atoms with E-state index in [-0.39, 0.29) is 12.0 Å². The third kappa shape index (κ3) is 2.33. The first-order valence-corrected chi connectivity index (χ1v) is 5.71. The van der Waals surface area contributed by atoms with Gasteiger partial charge in [0.2, 0.25) is 0 Å². The minimum atomic E-state index is -0.240. The molecule has 1 atom stereocenters. The molecule has 2 aromatic heterocycles. The summed E-state index contributed by atoms with van der Waals surface area (Å²) in [5.74, 6) is 1.72. The average Bonchev–Trinajstić information content (AvgIpc) is 2.87. The molecule has 1 unspecified atom stereocenters. The van der Waals surface area contributed by atoms with Gasteiger partial charge in [-0.25, -0.2) is 0 Å². The zero-order valence-electron chi connectivity index (χ0n) is 10.6. The van der Waals surface area contributed by atoms with Crippen LogP contribution in [0.25, 0.3) is 11.5 Å². The summed E-state index contributed by atoms with van der Waals surface area (Å²) >= 11 is 0. The lowest BCUT2D eigenvalue weighted by Crippen LogP contribution is -2.18. The second-order valence-electron chi connectivity index (χ2n) is 4.30. The Kier molecular flexibility index (Phi) is 3.57. The summed E-state index contributed by atoms with van der Waals surface area (Å²) in [7, 11) is 1.57. The molecule has 0 saturated heterocycles. The molecule has 0 radical (unpaired) electrons. The lowest BCUT2D eigenvalue weighted by atomic mass is 10.1. The lowest BCUT2D eigenvalue weighted by molar-refractivity contribution is 0.392. The Balaban J connectivity index is 2.35. The molecule has 0 amide bonds. The van der Waals surface area contributed by atoms with Crippen molar-refractivity contribution in [2.45, 2.75) is 19.9 Å². The van der Waals surface area contributed by atoms with Gasteiger partial charge in [-0.2, -0.15) is 4.98 Å². The van der Waals surface area contributed by atoms with Gasteiger partial charge in [0.15, 0.2) is 5.82 Å². The van der Waals surface area contributed by atoms with Gasteiger partial charge in [-0.3, -0.25) is 4.98 Å². The predicted octanol–water partition coefficient (Wildman–Crippen LogP) is 1.80. The molecule has 0 aromatic carbocycles. The number of ether oxygens (including phenoxy) is 1. The quantitative estimate of drug-likeness (QED) is 0.887. The van der Waals surface area contributed by atoms with Gasteiger partial charge in [0.1, 0.15) is 5.75 Å². The maximum atomic E-state index is 5.97. The molecule has 2 rings (SSSR count). The summed E-state index contributed by atoms with van der Waals surface area (Å²) in [4.78, 5) is 8.27. The molecule has 96 valence electrons. The van der Waals surface area contributed by atoms with E-state index in [1.165, 1.54) is 0 Å². The number of aromatic nitrogens is 3. The van der Waals surface area contributed by atoms with Crippen LogP contribution >= 0.6 is 0 Å². The van der Waals surface area contributed by atoms with Gasteiger partial charge in [0.05, 0.1) is 24.9 Å². The van der Waals surface area contributed by atoms with Gasteiger partial charge in [-0.15, -0.1) is 0 Å². The Hall–Kier alpha value is -1.95. The summed E-state index contributed by atoms with van der Waals surface area (Å²) in [6.45, 7) is 4.02. The predicted molar refractivity (Wildman–Crippen MR) is 65.8 cm³/mol. The molecule has 18 heavy (non-hydrogen) atoms. The molecule has 0 spiro atoms. The fourth-order valence-corrected chi connectivity index (χ4v) is 1.50. The molecule has 0 bridgehead atoms. The second kappa shape index (κ2) is 5.14. The van der Waals surface area contributed by atoms with Crippen LogP contribution in [-0.2, 0) is 0 Å². The Morgan fingerprint density at radius 2 is 2.17 bits per heavy atom. The van der Waals surface area contributed by atoms with Crippen molar-refractivity contribution in [2.75, 3.05) is 7.11 Å². The second-order valence-corrected chi connectivity index (χ2v) is 4.30. The maximum absolute atomic E-state index is 5.97. The van der Waals surface area contributed by atoms with Crippen molar-refractivity contribution in [3.63, 3.8) is 0 Å². The number of methoxy groups -OCH3 is 1. The lowest BCUT2D eigenvalue weighted by Gasteiger charge is -2.09. The van der Waals surface area contributed by atoms with Crippen LogP contribution in [0.5, 0.6) is 5.75 Å². The van der Waals surface area contributed by atoms with Gasteiger partial charge >= 0.3 is 0 Å². The topological polar surface area (TPSA) is 87.1 Å². The van der Waals surface area contributed by atoms with Crippen molar-refractivity contribution in [1.29, 1.82) is 0 Å². The number of nitrogens with two attached hydrogens (primary N) is 1. The summed E-state index contributed by atoms with van der Waals surface area (Å²) < 4.78 is 10.4. The highest BCUT2D eigenvalue weighted by Gasteiger charge is 2.19. The van der Waals surface area contributed by atoms with E-state index in [4.69, 9.17) is 15.0 Å². The Bertz CT molecular complexity index is 524. The first kappa shape index (κ1) is 12.5. The molecule has 0 aliphatic rings. The monoisotopic (exact) mass is 248 g/mol. The van der Waals surface area contributed by atoms with Gasteiger partial charge in [-0.05, 0) is 12.0 Å². The highest BCUT2D eigenvalue weighted by atomic mass is 16.5. The van der Waals surface area contributed by atoms with E-state index in [9.17, 15) is 0 Å². The number of pyridine rings is 1. The van der Waals surface area contributed by atoms with Crippen LogP contribution in [0.15, 0.2) is 23.0 Å². The first-order valence-electron chi connectivity index (χ1n) is 5.71. The number of nitrogens with zero attached hydrogens (tertiary/aromatic N) is 3. The molecule has 0 saturated carbocycles. The minimum Gasteiger partial charge on any atom is -0.494 e. The summed E-state index contributed by atoms with van der Waals surface area (Å²) in [6, 6.07) is 1.52. The van der Waals surface area contributed by atoms with Crippen molar-refractivity contribution in [3.8, 4) is 17.2 Å². The van der Waals surface area contributed by atoms with Crippen LogP contribution in [0.1, 0.15) is 25.7 Å². The van der Waals surface area contributed by atoms with Gasteiger partial charge < -0.3 is 15.0 Å². The van der Waals surface area contributed by atoms with Gasteiger partial charge in [0, 0.05) is 6.20 Å². The van der Waals surface area contributed by atoms with Crippen LogP contribution in [0.4, 0.5) is 0 Å². The molecular weight excluding hydrogens is 232 g/mol. The highest BCUT2D eigenvalue weighted by molar-refractivity contribution is 5.61. The summed E-state index contributed by atoms with van der Waals surface area (Å²) in [5, 5.41) is 3.90. The molecular formula is C12H16N4O2. The third-order valence-corrected chi connectivity index (χ3v) is 2.69. The molecule has 2 aromatic rings. The van der Waals surface area contributed by atoms with Crippen LogP contribution < -0.4 is 10.5 Å². The Labute approximate surface area is 105 Å². The standard InChI is InChI=1S/C12H16N4O2/c1-7(2)10(13)11-15-12(18-16-11)8-4-5-14-6-9(8)17-3/h4-7,10H,13H2,1-3H3. The van der Waals surface area contributed by atoms with Crippen LogP contribution in [-0.4, -0.2) is 22.2 Å². The van der Waals surface area contributed by atoms with Crippen molar-refractivity contribution in [2.24, 2.45) is 11.7 Å². The first-order chi connectivity index (χ1) is 8.63. The maximum Gasteiger partial charge on any atom is 0.261 e.